The summed E-state index contributed by atoms with van der Waals surface area (Å²) in [6.07, 6.45) is 0. The molecule has 0 saturated heterocycles. The summed E-state index contributed by atoms with van der Waals surface area (Å²) in [7, 11) is 0. The van der Waals surface area contributed by atoms with Gasteiger partial charge in [-0.1, -0.05) is 19.9 Å². The average molecular weight is 205 g/mol. The molecule has 0 aromatic heterocycles. The highest BCUT2D eigenvalue weighted by Crippen LogP contribution is 2.34. The van der Waals surface area contributed by atoms with Crippen molar-refractivity contribution < 1.29 is 4.74 Å². The predicted molar refractivity (Wildman–Crippen MR) is 63.7 cm³/mol. The largest absolute Gasteiger partial charge is 0.489 e. The maximum Gasteiger partial charge on any atom is 0.142 e. The smallest absolute Gasteiger partial charge is 0.142 e. The first-order valence-electron chi connectivity index (χ1n) is 5.53. The lowest BCUT2D eigenvalue weighted by molar-refractivity contribution is 0.242. The van der Waals surface area contributed by atoms with Gasteiger partial charge >= 0.3 is 0 Å². The second-order valence-corrected chi connectivity index (χ2v) is 5.21. The van der Waals surface area contributed by atoms with E-state index in [-0.39, 0.29) is 5.54 Å². The average Bonchev–Trinajstić information content (AvgIpc) is 2.15. The van der Waals surface area contributed by atoms with Crippen LogP contribution >= 0.6 is 0 Å². The van der Waals surface area contributed by atoms with Gasteiger partial charge in [-0.05, 0) is 37.5 Å². The first kappa shape index (κ1) is 10.3. The Morgan fingerprint density at radius 3 is 2.73 bits per heavy atom. The van der Waals surface area contributed by atoms with E-state index >= 15 is 0 Å². The number of anilines is 1. The van der Waals surface area contributed by atoms with Crippen molar-refractivity contribution in [3.8, 4) is 5.75 Å². The van der Waals surface area contributed by atoms with Crippen molar-refractivity contribution in [1.29, 1.82) is 0 Å². The fourth-order valence-electron chi connectivity index (χ4n) is 1.79. The Hall–Kier alpha value is -1.18. The van der Waals surface area contributed by atoms with E-state index in [0.717, 1.165) is 18.0 Å². The number of hydrogen-bond acceptors (Lipinski definition) is 2. The summed E-state index contributed by atoms with van der Waals surface area (Å²) in [4.78, 5) is 0. The lowest BCUT2D eigenvalue weighted by atomic mass is 9.99. The minimum atomic E-state index is 0.0304. The molecule has 1 heterocycles. The molecule has 2 nitrogen and oxygen atoms in total. The van der Waals surface area contributed by atoms with Crippen LogP contribution in [-0.4, -0.2) is 12.1 Å². The molecular formula is C13H19NO. The van der Waals surface area contributed by atoms with Crippen molar-refractivity contribution in [3.63, 3.8) is 0 Å². The van der Waals surface area contributed by atoms with Crippen LogP contribution in [0.4, 0.5) is 5.69 Å². The van der Waals surface area contributed by atoms with Crippen LogP contribution in [0.3, 0.4) is 0 Å². The van der Waals surface area contributed by atoms with Crippen molar-refractivity contribution in [2.24, 2.45) is 0 Å². The van der Waals surface area contributed by atoms with Crippen molar-refractivity contribution >= 4 is 5.69 Å². The van der Waals surface area contributed by atoms with Crippen LogP contribution in [0.2, 0.25) is 0 Å². The van der Waals surface area contributed by atoms with Gasteiger partial charge in [0.1, 0.15) is 12.4 Å². The van der Waals surface area contributed by atoms with Gasteiger partial charge in [0.25, 0.3) is 0 Å². The summed E-state index contributed by atoms with van der Waals surface area (Å²) in [5, 5.41) is 3.51. The van der Waals surface area contributed by atoms with Crippen LogP contribution < -0.4 is 10.1 Å². The molecule has 0 bridgehead atoms. The number of ether oxygens (including phenoxy) is 1. The van der Waals surface area contributed by atoms with E-state index in [2.05, 4.69) is 51.2 Å². The van der Waals surface area contributed by atoms with E-state index in [9.17, 15) is 0 Å². The van der Waals surface area contributed by atoms with Crippen LogP contribution in [0.15, 0.2) is 18.2 Å². The maximum absolute atomic E-state index is 5.71. The molecule has 82 valence electrons. The molecule has 0 radical (unpaired) electrons. The SMILES string of the molecule is CC(C)c1ccc2c(c1)NC(C)(C)CO2. The Morgan fingerprint density at radius 1 is 1.33 bits per heavy atom. The Balaban J connectivity index is 2.35. The fourth-order valence-corrected chi connectivity index (χ4v) is 1.79. The minimum absolute atomic E-state index is 0.0304. The standard InChI is InChI=1S/C13H19NO/c1-9(2)10-5-6-12-11(7-10)14-13(3,4)8-15-12/h5-7,9,14H,8H2,1-4H3. The van der Waals surface area contributed by atoms with Crippen LogP contribution in [0.5, 0.6) is 5.75 Å². The molecule has 15 heavy (non-hydrogen) atoms. The second kappa shape index (κ2) is 3.44. The highest BCUT2D eigenvalue weighted by Gasteiger charge is 2.25. The number of rotatable bonds is 1. The van der Waals surface area contributed by atoms with Gasteiger partial charge < -0.3 is 10.1 Å². The molecule has 1 N–H and O–H groups in total. The fraction of sp³-hybridized carbons (Fsp3) is 0.538. The summed E-state index contributed by atoms with van der Waals surface area (Å²) >= 11 is 0. The number of nitrogens with one attached hydrogen (secondary N) is 1. The zero-order valence-corrected chi connectivity index (χ0v) is 9.92. The summed E-state index contributed by atoms with van der Waals surface area (Å²) in [6, 6.07) is 6.40. The van der Waals surface area contributed by atoms with Crippen molar-refractivity contribution in [3.05, 3.63) is 23.8 Å². The van der Waals surface area contributed by atoms with Gasteiger partial charge in [0, 0.05) is 0 Å². The van der Waals surface area contributed by atoms with Gasteiger partial charge in [-0.15, -0.1) is 0 Å². The summed E-state index contributed by atoms with van der Waals surface area (Å²) in [5.74, 6) is 1.53. The molecular weight excluding hydrogens is 186 g/mol. The van der Waals surface area contributed by atoms with E-state index in [1.165, 1.54) is 5.56 Å². The highest BCUT2D eigenvalue weighted by atomic mass is 16.5. The monoisotopic (exact) mass is 205 g/mol. The summed E-state index contributed by atoms with van der Waals surface area (Å²) in [6.45, 7) is 9.43. The zero-order chi connectivity index (χ0) is 11.1. The molecule has 0 fully saturated rings. The molecule has 0 aliphatic carbocycles. The van der Waals surface area contributed by atoms with E-state index in [1.54, 1.807) is 0 Å². The van der Waals surface area contributed by atoms with Gasteiger partial charge in [-0.2, -0.15) is 0 Å². The Morgan fingerprint density at radius 2 is 2.07 bits per heavy atom. The highest BCUT2D eigenvalue weighted by molar-refractivity contribution is 5.61. The third-order valence-corrected chi connectivity index (χ3v) is 2.73. The van der Waals surface area contributed by atoms with Gasteiger partial charge in [-0.3, -0.25) is 0 Å². The molecule has 0 amide bonds. The van der Waals surface area contributed by atoms with Crippen LogP contribution in [0, 0.1) is 0 Å². The van der Waals surface area contributed by atoms with Crippen LogP contribution in [-0.2, 0) is 0 Å². The maximum atomic E-state index is 5.71. The molecule has 1 aromatic carbocycles. The van der Waals surface area contributed by atoms with E-state index in [4.69, 9.17) is 4.74 Å². The normalized spacial score (nSPS) is 17.9. The van der Waals surface area contributed by atoms with Gasteiger partial charge in [0.15, 0.2) is 0 Å². The molecule has 0 spiro atoms. The van der Waals surface area contributed by atoms with Gasteiger partial charge in [0.05, 0.1) is 11.2 Å². The van der Waals surface area contributed by atoms with E-state index in [0.29, 0.717) is 5.92 Å². The minimum Gasteiger partial charge on any atom is -0.489 e. The third-order valence-electron chi connectivity index (χ3n) is 2.73. The lowest BCUT2D eigenvalue weighted by Crippen LogP contribution is -2.40. The predicted octanol–water partition coefficient (Wildman–Crippen LogP) is 3.39. The third kappa shape index (κ3) is 2.09. The summed E-state index contributed by atoms with van der Waals surface area (Å²) < 4.78 is 5.71. The summed E-state index contributed by atoms with van der Waals surface area (Å²) in [5.41, 5.74) is 2.50. The van der Waals surface area contributed by atoms with Crippen molar-refractivity contribution in [1.82, 2.24) is 0 Å². The first-order valence-corrected chi connectivity index (χ1v) is 5.53. The quantitative estimate of drug-likeness (QED) is 0.758. The Bertz CT molecular complexity index is 369. The van der Waals surface area contributed by atoms with Gasteiger partial charge in [0.2, 0.25) is 0 Å². The molecule has 1 aromatic rings. The van der Waals surface area contributed by atoms with E-state index < -0.39 is 0 Å². The van der Waals surface area contributed by atoms with Crippen molar-refractivity contribution in [2.45, 2.75) is 39.2 Å². The van der Waals surface area contributed by atoms with Crippen LogP contribution in [0.1, 0.15) is 39.2 Å². The molecule has 1 aliphatic rings. The molecule has 0 atom stereocenters. The van der Waals surface area contributed by atoms with Crippen LogP contribution in [0.25, 0.3) is 0 Å². The molecule has 2 heteroatoms. The topological polar surface area (TPSA) is 21.3 Å². The second-order valence-electron chi connectivity index (χ2n) is 5.21. The van der Waals surface area contributed by atoms with E-state index in [1.807, 2.05) is 0 Å². The van der Waals surface area contributed by atoms with Gasteiger partial charge in [-0.25, -0.2) is 0 Å². The number of benzene rings is 1. The zero-order valence-electron chi connectivity index (χ0n) is 9.92. The Labute approximate surface area is 91.6 Å². The molecule has 0 saturated carbocycles. The number of hydrogen-bond donors (Lipinski definition) is 1. The molecule has 0 unspecified atom stereocenters. The Kier molecular flexibility index (Phi) is 2.37. The number of fused-ring (bicyclic) bond motifs is 1. The lowest BCUT2D eigenvalue weighted by Gasteiger charge is -2.34. The first-order chi connectivity index (χ1) is 6.98. The molecule has 2 rings (SSSR count). The molecule has 1 aliphatic heterocycles. The van der Waals surface area contributed by atoms with Crippen molar-refractivity contribution in [2.75, 3.05) is 11.9 Å².